The largest absolute Gasteiger partial charge is 0.269 e. The Balaban J connectivity index is 1.75. The second-order valence-electron chi connectivity index (χ2n) is 7.99. The molecule has 162 valence electrons. The van der Waals surface area contributed by atoms with Gasteiger partial charge in [-0.3, -0.25) is 10.1 Å². The Morgan fingerprint density at radius 2 is 1.77 bits per heavy atom. The second kappa shape index (κ2) is 8.36. The van der Waals surface area contributed by atoms with Gasteiger partial charge in [0.15, 0.2) is 0 Å². The summed E-state index contributed by atoms with van der Waals surface area (Å²) in [6.45, 7) is 2.09. The fraction of sp³-hybridized carbons (Fsp3) is 0.304. The highest BCUT2D eigenvalue weighted by molar-refractivity contribution is 7.89. The lowest BCUT2D eigenvalue weighted by Gasteiger charge is -2.38. The third-order valence-corrected chi connectivity index (χ3v) is 7.76. The number of halogens is 1. The van der Waals surface area contributed by atoms with Gasteiger partial charge in [-0.25, -0.2) is 12.8 Å². The SMILES string of the molecule is Cc1ccc(S(=O)(=O)N2CC3=CCCC[C@@H]3/C(=C(/F)c3ccc([N+](=O)[O-])cc3)C2)cc1. The Hall–Kier alpha value is -2.84. The third-order valence-electron chi connectivity index (χ3n) is 5.95. The van der Waals surface area contributed by atoms with Crippen molar-refractivity contribution in [1.82, 2.24) is 4.31 Å². The van der Waals surface area contributed by atoms with E-state index in [-0.39, 0.29) is 35.2 Å². The molecule has 2 aromatic rings. The first-order chi connectivity index (χ1) is 14.8. The van der Waals surface area contributed by atoms with Crippen molar-refractivity contribution in [2.75, 3.05) is 13.1 Å². The van der Waals surface area contributed by atoms with E-state index in [9.17, 15) is 18.5 Å². The molecule has 6 nitrogen and oxygen atoms in total. The summed E-state index contributed by atoms with van der Waals surface area (Å²) < 4.78 is 43.5. The van der Waals surface area contributed by atoms with Crippen LogP contribution in [-0.2, 0) is 10.0 Å². The molecule has 8 heteroatoms. The van der Waals surface area contributed by atoms with E-state index < -0.39 is 20.8 Å². The molecule has 0 amide bonds. The number of hydrogen-bond donors (Lipinski definition) is 0. The number of benzene rings is 2. The topological polar surface area (TPSA) is 80.5 Å². The Bertz CT molecular complexity index is 1170. The van der Waals surface area contributed by atoms with Crippen LogP contribution in [0.2, 0.25) is 0 Å². The molecule has 0 radical (unpaired) electrons. The van der Waals surface area contributed by atoms with Crippen molar-refractivity contribution < 1.29 is 17.7 Å². The normalized spacial score (nSPS) is 21.2. The van der Waals surface area contributed by atoms with E-state index in [0.717, 1.165) is 30.4 Å². The standard InChI is InChI=1S/C23H23FN2O4S/c1-16-6-12-20(13-7-16)31(29,30)25-14-18-4-2-3-5-21(18)22(15-25)23(24)17-8-10-19(11-9-17)26(27)28/h4,6-13,21H,2-3,5,14-15H2,1H3/b23-22+/t21-/m0/s1. The first-order valence-corrected chi connectivity index (χ1v) is 11.6. The van der Waals surface area contributed by atoms with E-state index in [4.69, 9.17) is 0 Å². The smallest absolute Gasteiger partial charge is 0.258 e. The average molecular weight is 443 g/mol. The van der Waals surface area contributed by atoms with Crippen LogP contribution in [0.15, 0.2) is 70.6 Å². The van der Waals surface area contributed by atoms with Crippen LogP contribution in [0.25, 0.3) is 5.83 Å². The lowest BCUT2D eigenvalue weighted by molar-refractivity contribution is -0.384. The molecule has 4 rings (SSSR count). The summed E-state index contributed by atoms with van der Waals surface area (Å²) in [5, 5.41) is 10.9. The van der Waals surface area contributed by atoms with Gasteiger partial charge in [0.2, 0.25) is 10.0 Å². The van der Waals surface area contributed by atoms with Gasteiger partial charge in [0.1, 0.15) is 5.83 Å². The summed E-state index contributed by atoms with van der Waals surface area (Å²) in [4.78, 5) is 10.5. The van der Waals surface area contributed by atoms with Crippen molar-refractivity contribution in [3.05, 3.63) is 87.0 Å². The highest BCUT2D eigenvalue weighted by Crippen LogP contribution is 2.41. The van der Waals surface area contributed by atoms with Gasteiger partial charge in [-0.05, 0) is 56.0 Å². The number of allylic oxidation sites excluding steroid dienone is 1. The summed E-state index contributed by atoms with van der Waals surface area (Å²) in [6, 6.07) is 11.9. The van der Waals surface area contributed by atoms with Gasteiger partial charge in [0.25, 0.3) is 5.69 Å². The van der Waals surface area contributed by atoms with Gasteiger partial charge < -0.3 is 0 Å². The Kier molecular flexibility index (Phi) is 5.77. The lowest BCUT2D eigenvalue weighted by atomic mass is 9.79. The van der Waals surface area contributed by atoms with Gasteiger partial charge in [-0.15, -0.1) is 0 Å². The van der Waals surface area contributed by atoms with E-state index in [1.165, 1.54) is 28.6 Å². The van der Waals surface area contributed by atoms with Gasteiger partial charge >= 0.3 is 0 Å². The number of fused-ring (bicyclic) bond motifs is 1. The predicted molar refractivity (Wildman–Crippen MR) is 116 cm³/mol. The fourth-order valence-electron chi connectivity index (χ4n) is 4.24. The Morgan fingerprint density at radius 1 is 1.10 bits per heavy atom. The van der Waals surface area contributed by atoms with Crippen molar-refractivity contribution in [1.29, 1.82) is 0 Å². The molecular weight excluding hydrogens is 419 g/mol. The van der Waals surface area contributed by atoms with E-state index in [1.807, 2.05) is 13.0 Å². The third kappa shape index (κ3) is 4.18. The Labute approximate surface area is 180 Å². The zero-order chi connectivity index (χ0) is 22.2. The quantitative estimate of drug-likeness (QED) is 0.378. The minimum Gasteiger partial charge on any atom is -0.258 e. The van der Waals surface area contributed by atoms with E-state index in [2.05, 4.69) is 0 Å². The van der Waals surface area contributed by atoms with Gasteiger partial charge in [0, 0.05) is 36.7 Å². The molecule has 0 saturated carbocycles. The summed E-state index contributed by atoms with van der Waals surface area (Å²) in [7, 11) is -3.79. The minimum absolute atomic E-state index is 0.0406. The minimum atomic E-state index is -3.79. The van der Waals surface area contributed by atoms with Crippen molar-refractivity contribution >= 4 is 21.5 Å². The van der Waals surface area contributed by atoms with E-state index in [1.54, 1.807) is 24.3 Å². The molecule has 1 saturated heterocycles. The lowest BCUT2D eigenvalue weighted by Crippen LogP contribution is -2.42. The molecule has 1 aliphatic carbocycles. The highest BCUT2D eigenvalue weighted by atomic mass is 32.2. The van der Waals surface area contributed by atoms with Crippen LogP contribution in [0.3, 0.4) is 0 Å². The number of nitrogens with zero attached hydrogens (tertiary/aromatic N) is 2. The van der Waals surface area contributed by atoms with E-state index >= 15 is 4.39 Å². The monoisotopic (exact) mass is 442 g/mol. The molecule has 0 spiro atoms. The molecule has 0 N–H and O–H groups in total. The molecular formula is C23H23FN2O4S. The molecule has 1 fully saturated rings. The number of hydrogen-bond acceptors (Lipinski definition) is 4. The molecule has 0 bridgehead atoms. The first-order valence-electron chi connectivity index (χ1n) is 10.2. The van der Waals surface area contributed by atoms with Crippen LogP contribution in [0.4, 0.5) is 10.1 Å². The number of non-ortho nitro benzene ring substituents is 1. The average Bonchev–Trinajstić information content (AvgIpc) is 2.78. The molecule has 2 aliphatic rings. The van der Waals surface area contributed by atoms with Crippen LogP contribution in [0.1, 0.15) is 30.4 Å². The molecule has 31 heavy (non-hydrogen) atoms. The molecule has 1 aliphatic heterocycles. The number of piperidine rings is 1. The zero-order valence-electron chi connectivity index (χ0n) is 17.1. The second-order valence-corrected chi connectivity index (χ2v) is 9.93. The van der Waals surface area contributed by atoms with Gasteiger partial charge in [0.05, 0.1) is 9.82 Å². The van der Waals surface area contributed by atoms with Crippen LogP contribution in [0.5, 0.6) is 0 Å². The van der Waals surface area contributed by atoms with Gasteiger partial charge in [-0.1, -0.05) is 29.3 Å². The number of nitro benzene ring substituents is 1. The maximum Gasteiger partial charge on any atom is 0.269 e. The first kappa shape index (κ1) is 21.4. The van der Waals surface area contributed by atoms with Crippen molar-refractivity contribution in [3.8, 4) is 0 Å². The molecule has 1 atom stereocenters. The van der Waals surface area contributed by atoms with Crippen molar-refractivity contribution in [2.45, 2.75) is 31.1 Å². The highest BCUT2D eigenvalue weighted by Gasteiger charge is 2.37. The summed E-state index contributed by atoms with van der Waals surface area (Å²) in [5.41, 5.74) is 2.39. The number of rotatable bonds is 4. The van der Waals surface area contributed by atoms with E-state index in [0.29, 0.717) is 5.57 Å². The molecule has 0 aromatic heterocycles. The van der Waals surface area contributed by atoms with Gasteiger partial charge in [-0.2, -0.15) is 4.31 Å². The van der Waals surface area contributed by atoms with Crippen LogP contribution in [-0.4, -0.2) is 30.7 Å². The summed E-state index contributed by atoms with van der Waals surface area (Å²) in [5.74, 6) is -0.648. The number of aryl methyl sites for hydroxylation is 1. The fourth-order valence-corrected chi connectivity index (χ4v) is 5.64. The summed E-state index contributed by atoms with van der Waals surface area (Å²) >= 11 is 0. The predicted octanol–water partition coefficient (Wildman–Crippen LogP) is 5.01. The number of sulfonamides is 1. The molecule has 2 aromatic carbocycles. The van der Waals surface area contributed by atoms with Crippen LogP contribution < -0.4 is 0 Å². The van der Waals surface area contributed by atoms with Crippen molar-refractivity contribution in [3.63, 3.8) is 0 Å². The maximum atomic E-state index is 15.6. The Morgan fingerprint density at radius 3 is 2.42 bits per heavy atom. The van der Waals surface area contributed by atoms with Crippen molar-refractivity contribution in [2.24, 2.45) is 5.92 Å². The number of nitro groups is 1. The maximum absolute atomic E-state index is 15.6. The molecule has 0 unspecified atom stereocenters. The molecule has 1 heterocycles. The van der Waals surface area contributed by atoms with Crippen LogP contribution in [0, 0.1) is 23.0 Å². The van der Waals surface area contributed by atoms with Crippen LogP contribution >= 0.6 is 0 Å². The summed E-state index contributed by atoms with van der Waals surface area (Å²) in [6.07, 6.45) is 4.54. The zero-order valence-corrected chi connectivity index (χ0v) is 17.9.